The van der Waals surface area contributed by atoms with Crippen LogP contribution < -0.4 is 14.8 Å². The summed E-state index contributed by atoms with van der Waals surface area (Å²) < 4.78 is 33.3. The van der Waals surface area contributed by atoms with E-state index in [4.69, 9.17) is 4.74 Å². The van der Waals surface area contributed by atoms with Gasteiger partial charge in [0.1, 0.15) is 5.75 Å². The van der Waals surface area contributed by atoms with Crippen LogP contribution >= 0.6 is 0 Å². The molecule has 0 spiro atoms. The van der Waals surface area contributed by atoms with Gasteiger partial charge in [0.15, 0.2) is 0 Å². The quantitative estimate of drug-likeness (QED) is 0.891. The zero-order chi connectivity index (χ0) is 17.5. The van der Waals surface area contributed by atoms with Crippen LogP contribution in [0.2, 0.25) is 0 Å². The van der Waals surface area contributed by atoms with Crippen LogP contribution in [0.25, 0.3) is 0 Å². The number of rotatable bonds is 4. The number of ether oxygens (including phenoxy) is 1. The third-order valence-corrected chi connectivity index (χ3v) is 5.24. The topological polar surface area (TPSA) is 84.5 Å². The fourth-order valence-electron chi connectivity index (χ4n) is 2.88. The summed E-state index contributed by atoms with van der Waals surface area (Å²) in [6.07, 6.45) is 0.186. The zero-order valence-electron chi connectivity index (χ0n) is 13.6. The second kappa shape index (κ2) is 5.83. The van der Waals surface area contributed by atoms with Gasteiger partial charge in [-0.3, -0.25) is 9.52 Å². The van der Waals surface area contributed by atoms with Crippen molar-refractivity contribution in [1.29, 1.82) is 0 Å². The van der Waals surface area contributed by atoms with Crippen LogP contribution in [-0.4, -0.2) is 21.4 Å². The standard InChI is InChI=1S/C17H18N2O4S/c1-10-6-11(2)17(23-3)15(7-10)19-24(21,22)13-4-5-14-12(8-13)9-16(20)18-14/h4-8,19H,9H2,1-3H3,(H,18,20). The summed E-state index contributed by atoms with van der Waals surface area (Å²) in [4.78, 5) is 11.5. The number of hydrogen-bond donors (Lipinski definition) is 2. The zero-order valence-corrected chi connectivity index (χ0v) is 14.5. The van der Waals surface area contributed by atoms with Gasteiger partial charge < -0.3 is 10.1 Å². The normalized spacial score (nSPS) is 13.4. The Kier molecular flexibility index (Phi) is 3.96. The number of amides is 1. The summed E-state index contributed by atoms with van der Waals surface area (Å²) in [5.74, 6) is 0.352. The van der Waals surface area contributed by atoms with Crippen LogP contribution in [0.3, 0.4) is 0 Å². The van der Waals surface area contributed by atoms with Crippen molar-refractivity contribution in [2.75, 3.05) is 17.1 Å². The van der Waals surface area contributed by atoms with Gasteiger partial charge in [0.2, 0.25) is 5.91 Å². The minimum absolute atomic E-state index is 0.110. The van der Waals surface area contributed by atoms with Crippen LogP contribution in [0, 0.1) is 13.8 Å². The Hall–Kier alpha value is -2.54. The molecule has 1 amide bonds. The number of aryl methyl sites for hydroxylation is 2. The molecule has 24 heavy (non-hydrogen) atoms. The lowest BCUT2D eigenvalue weighted by Crippen LogP contribution is -2.14. The van der Waals surface area contributed by atoms with E-state index in [2.05, 4.69) is 10.0 Å². The van der Waals surface area contributed by atoms with Gasteiger partial charge in [-0.25, -0.2) is 8.42 Å². The Morgan fingerprint density at radius 2 is 1.92 bits per heavy atom. The van der Waals surface area contributed by atoms with Crippen molar-refractivity contribution >= 4 is 27.3 Å². The first-order valence-corrected chi connectivity index (χ1v) is 8.89. The van der Waals surface area contributed by atoms with E-state index in [1.807, 2.05) is 19.9 Å². The van der Waals surface area contributed by atoms with Crippen molar-refractivity contribution in [2.24, 2.45) is 0 Å². The summed E-state index contributed by atoms with van der Waals surface area (Å²) >= 11 is 0. The molecule has 7 heteroatoms. The van der Waals surface area contributed by atoms with Crippen molar-refractivity contribution in [3.63, 3.8) is 0 Å². The lowest BCUT2D eigenvalue weighted by Gasteiger charge is -2.15. The molecule has 0 aromatic heterocycles. The van der Waals surface area contributed by atoms with Crippen LogP contribution in [0.15, 0.2) is 35.2 Å². The SMILES string of the molecule is COc1c(C)cc(C)cc1NS(=O)(=O)c1ccc2c(c1)CC(=O)N2. The maximum atomic E-state index is 12.7. The van der Waals surface area contributed by atoms with E-state index in [1.54, 1.807) is 12.1 Å². The van der Waals surface area contributed by atoms with Gasteiger partial charge in [-0.05, 0) is 54.8 Å². The van der Waals surface area contributed by atoms with Crippen molar-refractivity contribution in [1.82, 2.24) is 0 Å². The number of fused-ring (bicyclic) bond motifs is 1. The lowest BCUT2D eigenvalue weighted by atomic mass is 10.1. The summed E-state index contributed by atoms with van der Waals surface area (Å²) in [5.41, 5.74) is 3.50. The molecule has 1 heterocycles. The Balaban J connectivity index is 1.99. The third-order valence-electron chi connectivity index (χ3n) is 3.88. The van der Waals surface area contributed by atoms with E-state index < -0.39 is 10.0 Å². The molecule has 0 atom stereocenters. The molecule has 0 aliphatic carbocycles. The fraction of sp³-hybridized carbons (Fsp3) is 0.235. The second-order valence-electron chi connectivity index (χ2n) is 5.81. The highest BCUT2D eigenvalue weighted by Crippen LogP contribution is 2.32. The summed E-state index contributed by atoms with van der Waals surface area (Å²) in [7, 11) is -2.29. The molecule has 0 bridgehead atoms. The van der Waals surface area contributed by atoms with Crippen molar-refractivity contribution in [3.05, 3.63) is 47.0 Å². The van der Waals surface area contributed by atoms with Crippen LogP contribution in [0.1, 0.15) is 16.7 Å². The highest BCUT2D eigenvalue weighted by Gasteiger charge is 2.23. The van der Waals surface area contributed by atoms with Gasteiger partial charge in [0.25, 0.3) is 10.0 Å². The number of hydrogen-bond acceptors (Lipinski definition) is 4. The van der Waals surface area contributed by atoms with Crippen molar-refractivity contribution < 1.29 is 17.9 Å². The molecule has 126 valence electrons. The van der Waals surface area contributed by atoms with E-state index in [1.165, 1.54) is 19.2 Å². The predicted molar refractivity (Wildman–Crippen MR) is 92.1 cm³/mol. The minimum atomic E-state index is -3.79. The van der Waals surface area contributed by atoms with E-state index in [9.17, 15) is 13.2 Å². The summed E-state index contributed by atoms with van der Waals surface area (Å²) in [5, 5.41) is 2.68. The van der Waals surface area contributed by atoms with Gasteiger partial charge in [-0.1, -0.05) is 6.07 Å². The molecule has 0 saturated heterocycles. The highest BCUT2D eigenvalue weighted by molar-refractivity contribution is 7.92. The van der Waals surface area contributed by atoms with Gasteiger partial charge in [0.05, 0.1) is 24.1 Å². The molecule has 2 aromatic rings. The summed E-state index contributed by atoms with van der Waals surface area (Å²) in [6.45, 7) is 3.74. The monoisotopic (exact) mass is 346 g/mol. The van der Waals surface area contributed by atoms with E-state index in [0.29, 0.717) is 22.7 Å². The fourth-order valence-corrected chi connectivity index (χ4v) is 3.98. The number of sulfonamides is 1. The lowest BCUT2D eigenvalue weighted by molar-refractivity contribution is -0.115. The van der Waals surface area contributed by atoms with E-state index in [-0.39, 0.29) is 17.2 Å². The number of carbonyl (C=O) groups is 1. The predicted octanol–water partition coefficient (Wildman–Crippen LogP) is 2.61. The molecule has 0 fully saturated rings. The first-order chi connectivity index (χ1) is 11.3. The molecule has 2 N–H and O–H groups in total. The molecule has 1 aliphatic heterocycles. The average Bonchev–Trinajstić information content (AvgIpc) is 2.85. The average molecular weight is 346 g/mol. The number of benzene rings is 2. The van der Waals surface area contributed by atoms with E-state index in [0.717, 1.165) is 11.1 Å². The van der Waals surface area contributed by atoms with E-state index >= 15 is 0 Å². The molecular weight excluding hydrogens is 328 g/mol. The molecule has 6 nitrogen and oxygen atoms in total. The molecule has 0 saturated carbocycles. The van der Waals surface area contributed by atoms with Crippen LogP contribution in [-0.2, 0) is 21.2 Å². The number of methoxy groups -OCH3 is 1. The van der Waals surface area contributed by atoms with Gasteiger partial charge >= 0.3 is 0 Å². The molecule has 0 radical (unpaired) electrons. The van der Waals surface area contributed by atoms with Crippen molar-refractivity contribution in [3.8, 4) is 5.75 Å². The molecular formula is C17H18N2O4S. The van der Waals surface area contributed by atoms with Crippen molar-refractivity contribution in [2.45, 2.75) is 25.2 Å². The first kappa shape index (κ1) is 16.3. The number of anilines is 2. The Bertz CT molecular complexity index is 936. The largest absolute Gasteiger partial charge is 0.494 e. The molecule has 3 rings (SSSR count). The molecule has 0 unspecified atom stereocenters. The van der Waals surface area contributed by atoms with Crippen LogP contribution in [0.5, 0.6) is 5.75 Å². The first-order valence-electron chi connectivity index (χ1n) is 7.41. The maximum absolute atomic E-state index is 12.7. The van der Waals surface area contributed by atoms with Gasteiger partial charge in [-0.15, -0.1) is 0 Å². The van der Waals surface area contributed by atoms with Crippen LogP contribution in [0.4, 0.5) is 11.4 Å². The number of nitrogens with one attached hydrogen (secondary N) is 2. The Morgan fingerprint density at radius 3 is 2.62 bits per heavy atom. The second-order valence-corrected chi connectivity index (χ2v) is 7.49. The Morgan fingerprint density at radius 1 is 1.17 bits per heavy atom. The number of carbonyl (C=O) groups excluding carboxylic acids is 1. The molecule has 2 aromatic carbocycles. The highest BCUT2D eigenvalue weighted by atomic mass is 32.2. The Labute approximate surface area is 140 Å². The van der Waals surface area contributed by atoms with Gasteiger partial charge in [-0.2, -0.15) is 0 Å². The summed E-state index contributed by atoms with van der Waals surface area (Å²) in [6, 6.07) is 8.24. The van der Waals surface area contributed by atoms with Gasteiger partial charge in [0, 0.05) is 5.69 Å². The smallest absolute Gasteiger partial charge is 0.262 e. The molecule has 1 aliphatic rings. The third kappa shape index (κ3) is 2.94. The minimum Gasteiger partial charge on any atom is -0.494 e. The maximum Gasteiger partial charge on any atom is 0.262 e.